The number of rotatable bonds is 1. The molecule has 2 aromatic rings. The molecule has 0 bridgehead atoms. The van der Waals surface area contributed by atoms with E-state index in [2.05, 4.69) is 30.1 Å². The molecule has 0 spiro atoms. The third-order valence-corrected chi connectivity index (χ3v) is 4.03. The molecule has 2 N–H and O–H groups in total. The van der Waals surface area contributed by atoms with Crippen molar-refractivity contribution in [3.63, 3.8) is 0 Å². The van der Waals surface area contributed by atoms with Crippen molar-refractivity contribution in [1.29, 1.82) is 0 Å². The molecule has 3 rings (SSSR count). The number of nitrogens with two attached hydrogens (primary N) is 1. The van der Waals surface area contributed by atoms with Crippen LogP contribution in [0.1, 0.15) is 22.6 Å². The van der Waals surface area contributed by atoms with Crippen LogP contribution in [-0.4, -0.2) is 18.5 Å². The van der Waals surface area contributed by atoms with Crippen molar-refractivity contribution in [2.75, 3.05) is 19.3 Å². The largest absolute Gasteiger partial charge is 0.398 e. The molecule has 2 aromatic carbocycles. The van der Waals surface area contributed by atoms with Crippen molar-refractivity contribution in [1.82, 2.24) is 4.90 Å². The molecule has 1 heterocycles. The number of fused-ring (bicyclic) bond motifs is 1. The first-order valence-corrected chi connectivity index (χ1v) is 6.84. The van der Waals surface area contributed by atoms with Crippen molar-refractivity contribution < 1.29 is 0 Å². The summed E-state index contributed by atoms with van der Waals surface area (Å²) in [6, 6.07) is 14.3. The Morgan fingerprint density at radius 3 is 2.79 bits per heavy atom. The van der Waals surface area contributed by atoms with Crippen LogP contribution in [0.4, 0.5) is 5.69 Å². The number of hydrogen-bond donors (Lipinski definition) is 1. The van der Waals surface area contributed by atoms with Gasteiger partial charge in [-0.1, -0.05) is 35.9 Å². The predicted octanol–water partition coefficient (Wildman–Crippen LogP) is 3.50. The van der Waals surface area contributed by atoms with Gasteiger partial charge in [0.05, 0.1) is 0 Å². The molecule has 1 unspecified atom stereocenters. The van der Waals surface area contributed by atoms with Crippen LogP contribution in [0.15, 0.2) is 42.5 Å². The van der Waals surface area contributed by atoms with Gasteiger partial charge in [-0.05, 0) is 41.9 Å². The van der Waals surface area contributed by atoms with Gasteiger partial charge in [0.25, 0.3) is 0 Å². The minimum absolute atomic E-state index is 0.343. The molecule has 2 nitrogen and oxygen atoms in total. The summed E-state index contributed by atoms with van der Waals surface area (Å²) in [6.45, 7) is 1.91. The molecule has 3 heteroatoms. The Labute approximate surface area is 118 Å². The second-order valence-electron chi connectivity index (χ2n) is 5.22. The van der Waals surface area contributed by atoms with Crippen LogP contribution in [0, 0.1) is 0 Å². The van der Waals surface area contributed by atoms with Crippen LogP contribution in [0.3, 0.4) is 0 Å². The minimum Gasteiger partial charge on any atom is -0.398 e. The highest BCUT2D eigenvalue weighted by atomic mass is 35.5. The van der Waals surface area contributed by atoms with E-state index < -0.39 is 0 Å². The van der Waals surface area contributed by atoms with E-state index in [1.165, 1.54) is 16.7 Å². The standard InChI is InChI=1S/C16H17ClN2/c1-19-9-14(11-4-2-5-12(17)8-11)13-6-3-7-16(18)15(13)10-19/h2-8,14H,9-10,18H2,1H3. The summed E-state index contributed by atoms with van der Waals surface area (Å²) in [5.74, 6) is 0.343. The fourth-order valence-corrected chi connectivity index (χ4v) is 3.08. The predicted molar refractivity (Wildman–Crippen MR) is 80.5 cm³/mol. The van der Waals surface area contributed by atoms with Gasteiger partial charge < -0.3 is 10.6 Å². The van der Waals surface area contributed by atoms with Gasteiger partial charge in [-0.2, -0.15) is 0 Å². The van der Waals surface area contributed by atoms with Crippen molar-refractivity contribution in [2.24, 2.45) is 0 Å². The molecule has 0 aliphatic carbocycles. The zero-order chi connectivity index (χ0) is 13.4. The van der Waals surface area contributed by atoms with E-state index in [0.717, 1.165) is 23.8 Å². The second kappa shape index (κ2) is 4.87. The fourth-order valence-electron chi connectivity index (χ4n) is 2.89. The third-order valence-electron chi connectivity index (χ3n) is 3.80. The summed E-state index contributed by atoms with van der Waals surface area (Å²) in [7, 11) is 2.13. The first-order chi connectivity index (χ1) is 9.15. The Hall–Kier alpha value is -1.51. The summed E-state index contributed by atoms with van der Waals surface area (Å²) in [5, 5.41) is 0.788. The average molecular weight is 273 g/mol. The zero-order valence-corrected chi connectivity index (χ0v) is 11.7. The van der Waals surface area contributed by atoms with Crippen molar-refractivity contribution >= 4 is 17.3 Å². The maximum absolute atomic E-state index is 6.12. The van der Waals surface area contributed by atoms with Crippen LogP contribution in [0.5, 0.6) is 0 Å². The van der Waals surface area contributed by atoms with Crippen LogP contribution < -0.4 is 5.73 Å². The summed E-state index contributed by atoms with van der Waals surface area (Å²) in [6.07, 6.45) is 0. The highest BCUT2D eigenvalue weighted by Gasteiger charge is 2.25. The van der Waals surface area contributed by atoms with E-state index in [4.69, 9.17) is 17.3 Å². The van der Waals surface area contributed by atoms with Crippen molar-refractivity contribution in [2.45, 2.75) is 12.5 Å². The van der Waals surface area contributed by atoms with Gasteiger partial charge in [-0.3, -0.25) is 0 Å². The van der Waals surface area contributed by atoms with Crippen LogP contribution in [-0.2, 0) is 6.54 Å². The molecule has 98 valence electrons. The maximum atomic E-state index is 6.12. The molecule has 1 aliphatic heterocycles. The topological polar surface area (TPSA) is 29.3 Å². The number of hydrogen-bond acceptors (Lipinski definition) is 2. The molecule has 0 saturated heterocycles. The van der Waals surface area contributed by atoms with E-state index in [0.29, 0.717) is 5.92 Å². The summed E-state index contributed by atoms with van der Waals surface area (Å²) >= 11 is 6.12. The van der Waals surface area contributed by atoms with Gasteiger partial charge in [-0.15, -0.1) is 0 Å². The molecule has 19 heavy (non-hydrogen) atoms. The number of likely N-dealkylation sites (N-methyl/N-ethyl adjacent to an activating group) is 1. The van der Waals surface area contributed by atoms with E-state index in [1.54, 1.807) is 0 Å². The lowest BCUT2D eigenvalue weighted by molar-refractivity contribution is 0.296. The first kappa shape index (κ1) is 12.5. The van der Waals surface area contributed by atoms with Gasteiger partial charge >= 0.3 is 0 Å². The normalized spacial score (nSPS) is 19.2. The third kappa shape index (κ3) is 2.34. The van der Waals surface area contributed by atoms with Crippen LogP contribution in [0.2, 0.25) is 5.02 Å². The van der Waals surface area contributed by atoms with Crippen LogP contribution in [0.25, 0.3) is 0 Å². The summed E-state index contributed by atoms with van der Waals surface area (Å²) in [4.78, 5) is 2.31. The van der Waals surface area contributed by atoms with Crippen LogP contribution >= 0.6 is 11.6 Å². The number of nitrogens with zero attached hydrogens (tertiary/aromatic N) is 1. The number of halogens is 1. The first-order valence-electron chi connectivity index (χ1n) is 6.46. The lowest BCUT2D eigenvalue weighted by atomic mass is 9.84. The van der Waals surface area contributed by atoms with E-state index in [1.807, 2.05) is 24.3 Å². The highest BCUT2D eigenvalue weighted by Crippen LogP contribution is 2.36. The summed E-state index contributed by atoms with van der Waals surface area (Å²) < 4.78 is 0. The highest BCUT2D eigenvalue weighted by molar-refractivity contribution is 6.30. The Morgan fingerprint density at radius 2 is 2.00 bits per heavy atom. The molecule has 0 aromatic heterocycles. The quantitative estimate of drug-likeness (QED) is 0.805. The second-order valence-corrected chi connectivity index (χ2v) is 5.66. The number of nitrogen functional groups attached to an aromatic ring is 1. The lowest BCUT2D eigenvalue weighted by Gasteiger charge is -2.33. The molecule has 1 atom stereocenters. The number of benzene rings is 2. The van der Waals surface area contributed by atoms with Crippen molar-refractivity contribution in [3.8, 4) is 0 Å². The van der Waals surface area contributed by atoms with E-state index >= 15 is 0 Å². The Kier molecular flexibility index (Phi) is 3.21. The smallest absolute Gasteiger partial charge is 0.0408 e. The Balaban J connectivity index is 2.11. The molecular formula is C16H17ClN2. The molecule has 0 saturated carbocycles. The number of anilines is 1. The van der Waals surface area contributed by atoms with E-state index in [9.17, 15) is 0 Å². The molecule has 0 amide bonds. The maximum Gasteiger partial charge on any atom is 0.0408 e. The zero-order valence-electron chi connectivity index (χ0n) is 10.9. The van der Waals surface area contributed by atoms with Gasteiger partial charge in [0.2, 0.25) is 0 Å². The molecule has 1 aliphatic rings. The Bertz CT molecular complexity index is 609. The molecule has 0 radical (unpaired) electrons. The lowest BCUT2D eigenvalue weighted by Crippen LogP contribution is -2.31. The van der Waals surface area contributed by atoms with Gasteiger partial charge in [0.1, 0.15) is 0 Å². The van der Waals surface area contributed by atoms with Crippen molar-refractivity contribution in [3.05, 3.63) is 64.2 Å². The average Bonchev–Trinajstić information content (AvgIpc) is 2.39. The van der Waals surface area contributed by atoms with Gasteiger partial charge in [0, 0.05) is 29.7 Å². The summed E-state index contributed by atoms with van der Waals surface area (Å²) in [5.41, 5.74) is 10.8. The van der Waals surface area contributed by atoms with Gasteiger partial charge in [0.15, 0.2) is 0 Å². The van der Waals surface area contributed by atoms with E-state index in [-0.39, 0.29) is 0 Å². The fraction of sp³-hybridized carbons (Fsp3) is 0.250. The van der Waals surface area contributed by atoms with Gasteiger partial charge in [-0.25, -0.2) is 0 Å². The monoisotopic (exact) mass is 272 g/mol. The SMILES string of the molecule is CN1Cc2c(N)cccc2C(c2cccc(Cl)c2)C1. The Morgan fingerprint density at radius 1 is 1.21 bits per heavy atom. The molecular weight excluding hydrogens is 256 g/mol. The molecule has 0 fully saturated rings. The minimum atomic E-state index is 0.343.